The van der Waals surface area contributed by atoms with Gasteiger partial charge in [-0.1, -0.05) is 0 Å². The highest BCUT2D eigenvalue weighted by molar-refractivity contribution is 5.19. The molecule has 0 spiro atoms. The highest BCUT2D eigenvalue weighted by atomic mass is 15.2. The van der Waals surface area contributed by atoms with E-state index in [9.17, 15) is 0 Å². The van der Waals surface area contributed by atoms with Crippen molar-refractivity contribution in [1.82, 2.24) is 10.2 Å². The van der Waals surface area contributed by atoms with Crippen LogP contribution in [0.1, 0.15) is 0 Å². The monoisotopic (exact) mass is 183 g/mol. The minimum absolute atomic E-state index is 0.532. The van der Waals surface area contributed by atoms with Gasteiger partial charge in [0.1, 0.15) is 5.82 Å². The van der Waals surface area contributed by atoms with E-state index in [-0.39, 0.29) is 0 Å². The van der Waals surface area contributed by atoms with Gasteiger partial charge < -0.3 is 27.4 Å². The molecule has 0 unspecified atom stereocenters. The molecule has 5 nitrogen and oxygen atoms in total. The topological polar surface area (TPSA) is 93.3 Å². The molecule has 1 rings (SSSR count). The van der Waals surface area contributed by atoms with Crippen molar-refractivity contribution in [2.45, 2.75) is 0 Å². The zero-order valence-corrected chi connectivity index (χ0v) is 7.66. The summed E-state index contributed by atoms with van der Waals surface area (Å²) in [5.74, 6) is 0.614. The third-order valence-corrected chi connectivity index (χ3v) is 2.03. The van der Waals surface area contributed by atoms with Crippen molar-refractivity contribution in [3.05, 3.63) is 23.8 Å². The summed E-state index contributed by atoms with van der Waals surface area (Å²) in [4.78, 5) is 2.05. The van der Waals surface area contributed by atoms with Gasteiger partial charge in [-0.05, 0) is 12.3 Å². The summed E-state index contributed by atoms with van der Waals surface area (Å²) >= 11 is 0. The van der Waals surface area contributed by atoms with E-state index in [1.807, 2.05) is 4.90 Å². The third-order valence-electron chi connectivity index (χ3n) is 2.03. The van der Waals surface area contributed by atoms with Gasteiger partial charge in [0.05, 0.1) is 5.70 Å². The van der Waals surface area contributed by atoms with Gasteiger partial charge in [0, 0.05) is 26.2 Å². The van der Waals surface area contributed by atoms with Crippen LogP contribution in [0.15, 0.2) is 23.8 Å². The Bertz CT molecular complexity index is 215. The molecule has 0 saturated carbocycles. The Morgan fingerprint density at radius 2 is 1.85 bits per heavy atom. The fraction of sp³-hybridized carbons (Fsp3) is 0.500. The largest absolute Gasteiger partial charge is 0.405 e. The van der Waals surface area contributed by atoms with Gasteiger partial charge in [-0.3, -0.25) is 0 Å². The summed E-state index contributed by atoms with van der Waals surface area (Å²) in [6, 6.07) is 0. The predicted molar refractivity (Wildman–Crippen MR) is 53.2 cm³/mol. The molecule has 1 heterocycles. The van der Waals surface area contributed by atoms with Crippen molar-refractivity contribution in [3.63, 3.8) is 0 Å². The number of nitrogens with zero attached hydrogens (tertiary/aromatic N) is 1. The van der Waals surface area contributed by atoms with Crippen LogP contribution in [0.2, 0.25) is 0 Å². The first-order valence-electron chi connectivity index (χ1n) is 4.35. The van der Waals surface area contributed by atoms with E-state index in [2.05, 4.69) is 5.32 Å². The minimum atomic E-state index is 0.532. The Hall–Kier alpha value is -1.36. The van der Waals surface area contributed by atoms with E-state index in [1.165, 1.54) is 6.20 Å². The maximum Gasteiger partial charge on any atom is 0.122 e. The molecule has 0 amide bonds. The van der Waals surface area contributed by atoms with Crippen LogP contribution >= 0.6 is 0 Å². The van der Waals surface area contributed by atoms with Crippen LogP contribution in [0.25, 0.3) is 0 Å². The Balaban J connectivity index is 2.62. The van der Waals surface area contributed by atoms with E-state index in [0.717, 1.165) is 26.2 Å². The summed E-state index contributed by atoms with van der Waals surface area (Å²) in [6.07, 6.45) is 3.00. The Morgan fingerprint density at radius 1 is 1.23 bits per heavy atom. The van der Waals surface area contributed by atoms with Crippen molar-refractivity contribution in [3.8, 4) is 0 Å². The van der Waals surface area contributed by atoms with E-state index in [1.54, 1.807) is 6.08 Å². The van der Waals surface area contributed by atoms with Gasteiger partial charge in [-0.2, -0.15) is 0 Å². The fourth-order valence-electron chi connectivity index (χ4n) is 1.28. The minimum Gasteiger partial charge on any atom is -0.405 e. The molecule has 0 aromatic carbocycles. The molecule has 1 aliphatic heterocycles. The first-order chi connectivity index (χ1) is 6.25. The van der Waals surface area contributed by atoms with E-state index < -0.39 is 0 Å². The molecule has 7 N–H and O–H groups in total. The van der Waals surface area contributed by atoms with Crippen molar-refractivity contribution in [2.24, 2.45) is 17.2 Å². The predicted octanol–water partition coefficient (Wildman–Crippen LogP) is -1.55. The van der Waals surface area contributed by atoms with Crippen LogP contribution in [-0.2, 0) is 0 Å². The molecule has 0 aromatic rings. The van der Waals surface area contributed by atoms with Crippen molar-refractivity contribution in [1.29, 1.82) is 0 Å². The average molecular weight is 183 g/mol. The molecule has 74 valence electrons. The first-order valence-corrected chi connectivity index (χ1v) is 4.35. The van der Waals surface area contributed by atoms with Crippen molar-refractivity contribution in [2.75, 3.05) is 26.2 Å². The zero-order chi connectivity index (χ0) is 9.68. The second-order valence-electron chi connectivity index (χ2n) is 2.94. The summed E-state index contributed by atoms with van der Waals surface area (Å²) < 4.78 is 0. The van der Waals surface area contributed by atoms with Gasteiger partial charge in [-0.25, -0.2) is 0 Å². The maximum atomic E-state index is 5.82. The third kappa shape index (κ3) is 2.55. The molecule has 0 aromatic heterocycles. The van der Waals surface area contributed by atoms with Crippen LogP contribution < -0.4 is 22.5 Å². The molecule has 13 heavy (non-hydrogen) atoms. The number of rotatable bonds is 2. The molecule has 1 fully saturated rings. The van der Waals surface area contributed by atoms with Crippen LogP contribution in [0.5, 0.6) is 0 Å². The van der Waals surface area contributed by atoms with Crippen LogP contribution in [-0.4, -0.2) is 31.1 Å². The molecule has 0 aliphatic carbocycles. The Morgan fingerprint density at radius 3 is 2.38 bits per heavy atom. The summed E-state index contributed by atoms with van der Waals surface area (Å²) in [6.45, 7) is 3.68. The highest BCUT2D eigenvalue weighted by Crippen LogP contribution is 2.02. The molecular weight excluding hydrogens is 166 g/mol. The van der Waals surface area contributed by atoms with Gasteiger partial charge in [-0.15, -0.1) is 0 Å². The van der Waals surface area contributed by atoms with Gasteiger partial charge in [0.25, 0.3) is 0 Å². The number of piperazine rings is 1. The molecule has 0 bridgehead atoms. The molecular formula is C8H17N5. The number of nitrogens with two attached hydrogens (primary N) is 3. The van der Waals surface area contributed by atoms with Crippen LogP contribution in [0.3, 0.4) is 0 Å². The van der Waals surface area contributed by atoms with Crippen LogP contribution in [0, 0.1) is 0 Å². The first kappa shape index (κ1) is 9.73. The summed E-state index contributed by atoms with van der Waals surface area (Å²) in [5.41, 5.74) is 17.3. The van der Waals surface area contributed by atoms with Gasteiger partial charge in [0.2, 0.25) is 0 Å². The number of allylic oxidation sites excluding steroid dienone is 1. The van der Waals surface area contributed by atoms with Crippen LogP contribution in [0.4, 0.5) is 0 Å². The average Bonchev–Trinajstić information content (AvgIpc) is 2.18. The number of hydrogen-bond acceptors (Lipinski definition) is 5. The maximum absolute atomic E-state index is 5.82. The lowest BCUT2D eigenvalue weighted by molar-refractivity contribution is 0.294. The number of hydrogen-bond donors (Lipinski definition) is 4. The smallest absolute Gasteiger partial charge is 0.122 e. The SMILES string of the molecule is N/C=C\C(N)=C(/N)N1CCNCC1. The van der Waals surface area contributed by atoms with E-state index >= 15 is 0 Å². The lowest BCUT2D eigenvalue weighted by atomic mass is 10.3. The normalized spacial score (nSPS) is 20.5. The second kappa shape index (κ2) is 4.61. The highest BCUT2D eigenvalue weighted by Gasteiger charge is 2.11. The van der Waals surface area contributed by atoms with E-state index in [0.29, 0.717) is 11.5 Å². The quantitative estimate of drug-likeness (QED) is 0.389. The van der Waals surface area contributed by atoms with E-state index in [4.69, 9.17) is 17.2 Å². The Labute approximate surface area is 78.2 Å². The molecule has 5 heteroatoms. The molecule has 1 aliphatic rings. The standard InChI is InChI=1S/C8H17N5/c9-2-1-7(10)8(11)13-5-3-12-4-6-13/h1-2,12H,3-6,9-11H2/b2-1-,8-7-. The lowest BCUT2D eigenvalue weighted by Crippen LogP contribution is -2.45. The number of nitrogens with one attached hydrogen (secondary N) is 1. The van der Waals surface area contributed by atoms with Crippen molar-refractivity contribution >= 4 is 0 Å². The second-order valence-corrected chi connectivity index (χ2v) is 2.94. The summed E-state index contributed by atoms with van der Waals surface area (Å²) in [7, 11) is 0. The summed E-state index contributed by atoms with van der Waals surface area (Å²) in [5, 5.41) is 3.24. The molecule has 0 atom stereocenters. The zero-order valence-electron chi connectivity index (χ0n) is 7.66. The lowest BCUT2D eigenvalue weighted by Gasteiger charge is -2.29. The van der Waals surface area contributed by atoms with Gasteiger partial charge >= 0.3 is 0 Å². The van der Waals surface area contributed by atoms with Crippen molar-refractivity contribution < 1.29 is 0 Å². The Kier molecular flexibility index (Phi) is 3.45. The van der Waals surface area contributed by atoms with Gasteiger partial charge in [0.15, 0.2) is 0 Å². The molecule has 1 saturated heterocycles. The molecule has 0 radical (unpaired) electrons. The fourth-order valence-corrected chi connectivity index (χ4v) is 1.28.